The Kier molecular flexibility index (Phi) is 4.53. The van der Waals surface area contributed by atoms with Gasteiger partial charge in [-0.2, -0.15) is 0 Å². The van der Waals surface area contributed by atoms with Crippen molar-refractivity contribution in [2.75, 3.05) is 5.32 Å². The molecule has 3 aromatic rings. The molecule has 0 unspecified atom stereocenters. The van der Waals surface area contributed by atoms with Crippen molar-refractivity contribution >= 4 is 28.9 Å². The highest BCUT2D eigenvalue weighted by atomic mass is 32.1. The Bertz CT molecular complexity index is 1020. The van der Waals surface area contributed by atoms with Crippen molar-refractivity contribution in [2.45, 2.75) is 33.1 Å². The molecule has 0 fully saturated rings. The minimum Gasteiger partial charge on any atom is -0.426 e. The van der Waals surface area contributed by atoms with Gasteiger partial charge in [0.25, 0.3) is 0 Å². The van der Waals surface area contributed by atoms with Crippen LogP contribution in [0, 0.1) is 13.8 Å². The van der Waals surface area contributed by atoms with Gasteiger partial charge < -0.3 is 10.1 Å². The van der Waals surface area contributed by atoms with E-state index in [0.717, 1.165) is 27.8 Å². The lowest BCUT2D eigenvalue weighted by Gasteiger charge is -2.17. The molecule has 0 aliphatic carbocycles. The third-order valence-electron chi connectivity index (χ3n) is 4.53. The van der Waals surface area contributed by atoms with Gasteiger partial charge in [0.05, 0.1) is 12.1 Å². The normalized spacial score (nSPS) is 13.2. The van der Waals surface area contributed by atoms with Crippen LogP contribution >= 0.6 is 11.3 Å². The predicted octanol–water partition coefficient (Wildman–Crippen LogP) is 3.58. The number of ether oxygens (including phenoxy) is 1. The van der Waals surface area contributed by atoms with Gasteiger partial charge in [0.15, 0.2) is 5.13 Å². The quantitative estimate of drug-likeness (QED) is 0.554. The molecule has 7 heteroatoms. The molecule has 6 nitrogen and oxygen atoms in total. The predicted molar refractivity (Wildman–Crippen MR) is 104 cm³/mol. The summed E-state index contributed by atoms with van der Waals surface area (Å²) >= 11 is 1.51. The zero-order chi connectivity index (χ0) is 19.0. The maximum atomic E-state index is 12.3. The van der Waals surface area contributed by atoms with Crippen molar-refractivity contribution in [1.29, 1.82) is 0 Å². The molecule has 1 amide bonds. The summed E-state index contributed by atoms with van der Waals surface area (Å²) in [5, 5.41) is 5.55. The van der Waals surface area contributed by atoms with Crippen LogP contribution in [0.3, 0.4) is 0 Å². The van der Waals surface area contributed by atoms with E-state index >= 15 is 0 Å². The van der Waals surface area contributed by atoms with Crippen LogP contribution in [-0.4, -0.2) is 21.4 Å². The zero-order valence-electron chi connectivity index (χ0n) is 15.1. The Morgan fingerprint density at radius 2 is 2.00 bits per heavy atom. The summed E-state index contributed by atoms with van der Waals surface area (Å²) in [6.45, 7) is 4.06. The third kappa shape index (κ3) is 3.64. The summed E-state index contributed by atoms with van der Waals surface area (Å²) in [6, 6.07) is 9.37. The lowest BCUT2D eigenvalue weighted by molar-refractivity contribution is -0.133. The number of hydrogen-bond acceptors (Lipinski definition) is 5. The molecule has 0 saturated heterocycles. The third-order valence-corrected chi connectivity index (χ3v) is 5.41. The molecule has 0 atom stereocenters. The minimum atomic E-state index is -0.354. The Labute approximate surface area is 160 Å². The van der Waals surface area contributed by atoms with Crippen LogP contribution in [0.2, 0.25) is 0 Å². The number of nitrogens with zero attached hydrogens (tertiary/aromatic N) is 2. The van der Waals surface area contributed by atoms with Crippen molar-refractivity contribution in [2.24, 2.45) is 0 Å². The molecule has 4 rings (SSSR count). The number of esters is 1. The van der Waals surface area contributed by atoms with E-state index in [1.807, 2.05) is 37.4 Å². The molecular weight excluding hydrogens is 362 g/mol. The van der Waals surface area contributed by atoms with Gasteiger partial charge in [-0.05, 0) is 56.2 Å². The molecule has 1 aliphatic heterocycles. The second-order valence-corrected chi connectivity index (χ2v) is 7.43. The molecule has 0 spiro atoms. The molecule has 2 aromatic heterocycles. The van der Waals surface area contributed by atoms with E-state index < -0.39 is 0 Å². The number of hydrogen-bond donors (Lipinski definition) is 1. The first-order chi connectivity index (χ1) is 13.0. The van der Waals surface area contributed by atoms with Crippen LogP contribution in [0.15, 0.2) is 35.7 Å². The number of aromatic nitrogens is 2. The summed E-state index contributed by atoms with van der Waals surface area (Å²) in [5.41, 5.74) is 4.68. The Morgan fingerprint density at radius 1 is 1.22 bits per heavy atom. The molecule has 0 saturated carbocycles. The monoisotopic (exact) mass is 381 g/mol. The molecular formula is C20H19N3O3S. The van der Waals surface area contributed by atoms with Crippen LogP contribution < -0.4 is 10.1 Å². The summed E-state index contributed by atoms with van der Waals surface area (Å²) < 4.78 is 7.53. The molecule has 0 bridgehead atoms. The van der Waals surface area contributed by atoms with Gasteiger partial charge in [0, 0.05) is 28.9 Å². The second kappa shape index (κ2) is 7.00. The van der Waals surface area contributed by atoms with Crippen molar-refractivity contribution in [3.63, 3.8) is 0 Å². The number of aryl methyl sites for hydroxylation is 3. The molecule has 3 heterocycles. The van der Waals surface area contributed by atoms with Crippen molar-refractivity contribution in [3.8, 4) is 10.9 Å². The first kappa shape index (κ1) is 17.5. The van der Waals surface area contributed by atoms with Crippen LogP contribution in [-0.2, 0) is 22.4 Å². The zero-order valence-corrected chi connectivity index (χ0v) is 15.9. The second-order valence-electron chi connectivity index (χ2n) is 6.59. The maximum Gasteiger partial charge on any atom is 0.317 e. The number of anilines is 1. The molecule has 0 radical (unpaired) electrons. The summed E-state index contributed by atoms with van der Waals surface area (Å²) in [5.74, 6) is 0.148. The van der Waals surface area contributed by atoms with Gasteiger partial charge in [-0.15, -0.1) is 11.3 Å². The first-order valence-electron chi connectivity index (χ1n) is 8.73. The Morgan fingerprint density at radius 3 is 2.78 bits per heavy atom. The van der Waals surface area contributed by atoms with E-state index in [-0.39, 0.29) is 18.3 Å². The lowest BCUT2D eigenvalue weighted by atomic mass is 10.0. The molecule has 1 N–H and O–H groups in total. The number of rotatable bonds is 4. The smallest absolute Gasteiger partial charge is 0.317 e. The fraction of sp³-hybridized carbons (Fsp3) is 0.250. The number of carbonyl (C=O) groups is 2. The van der Waals surface area contributed by atoms with E-state index in [9.17, 15) is 9.59 Å². The average Bonchev–Trinajstić information content (AvgIpc) is 3.21. The minimum absolute atomic E-state index is 0.0137. The fourth-order valence-corrected chi connectivity index (χ4v) is 4.13. The van der Waals surface area contributed by atoms with Gasteiger partial charge in [0.1, 0.15) is 5.75 Å². The van der Waals surface area contributed by atoms with Crippen molar-refractivity contribution in [1.82, 2.24) is 9.55 Å². The first-order valence-corrected chi connectivity index (χ1v) is 9.61. The highest BCUT2D eigenvalue weighted by molar-refractivity contribution is 7.12. The number of benzene rings is 1. The molecule has 27 heavy (non-hydrogen) atoms. The van der Waals surface area contributed by atoms with Crippen LogP contribution in [0.25, 0.3) is 5.13 Å². The highest BCUT2D eigenvalue weighted by Gasteiger charge is 2.17. The summed E-state index contributed by atoms with van der Waals surface area (Å²) in [6.07, 6.45) is 1.21. The van der Waals surface area contributed by atoms with Crippen molar-refractivity contribution in [3.05, 3.63) is 58.4 Å². The standard InChI is InChI=1S/C20H19N3O3S/c1-12-3-4-13(2)23(12)20-21-15(11-27-20)10-19(25)26-16-6-7-17-14(9-16)5-8-18(24)22-17/h3-4,6-7,9,11H,5,8,10H2,1-2H3,(H,22,24). The fourth-order valence-electron chi connectivity index (χ4n) is 3.19. The van der Waals surface area contributed by atoms with E-state index in [4.69, 9.17) is 4.74 Å². The van der Waals surface area contributed by atoms with Gasteiger partial charge in [-0.25, -0.2) is 4.98 Å². The van der Waals surface area contributed by atoms with Crippen LogP contribution in [0.5, 0.6) is 5.75 Å². The highest BCUT2D eigenvalue weighted by Crippen LogP contribution is 2.27. The number of fused-ring (bicyclic) bond motifs is 1. The molecule has 1 aromatic carbocycles. The van der Waals surface area contributed by atoms with Crippen molar-refractivity contribution < 1.29 is 14.3 Å². The SMILES string of the molecule is Cc1ccc(C)n1-c1nc(CC(=O)Oc2ccc3c(c2)CCC(=O)N3)cs1. The van der Waals surface area contributed by atoms with E-state index in [0.29, 0.717) is 24.3 Å². The summed E-state index contributed by atoms with van der Waals surface area (Å²) in [7, 11) is 0. The largest absolute Gasteiger partial charge is 0.426 e. The van der Waals surface area contributed by atoms with Gasteiger partial charge in [-0.1, -0.05) is 0 Å². The van der Waals surface area contributed by atoms with Crippen LogP contribution in [0.1, 0.15) is 29.1 Å². The lowest BCUT2D eigenvalue weighted by Crippen LogP contribution is -2.19. The Balaban J connectivity index is 1.44. The van der Waals surface area contributed by atoms with Crippen LogP contribution in [0.4, 0.5) is 5.69 Å². The van der Waals surface area contributed by atoms with E-state index in [1.54, 1.807) is 12.1 Å². The van der Waals surface area contributed by atoms with E-state index in [2.05, 4.69) is 14.9 Å². The van der Waals surface area contributed by atoms with Gasteiger partial charge >= 0.3 is 5.97 Å². The number of thiazole rings is 1. The molecule has 1 aliphatic rings. The number of nitrogens with one attached hydrogen (secondary N) is 1. The van der Waals surface area contributed by atoms with Gasteiger partial charge in [0.2, 0.25) is 5.91 Å². The topological polar surface area (TPSA) is 73.2 Å². The van der Waals surface area contributed by atoms with E-state index in [1.165, 1.54) is 11.3 Å². The average molecular weight is 381 g/mol. The number of amides is 1. The number of carbonyl (C=O) groups excluding carboxylic acids is 2. The maximum absolute atomic E-state index is 12.3. The molecule has 138 valence electrons. The van der Waals surface area contributed by atoms with Gasteiger partial charge in [-0.3, -0.25) is 14.2 Å². The summed E-state index contributed by atoms with van der Waals surface area (Å²) in [4.78, 5) is 28.3. The Hall–Kier alpha value is -2.93.